The van der Waals surface area contributed by atoms with Crippen molar-refractivity contribution in [1.82, 2.24) is 25.9 Å². The monoisotopic (exact) mass is 536 g/mol. The highest BCUT2D eigenvalue weighted by molar-refractivity contribution is 5.99. The lowest BCUT2D eigenvalue weighted by Gasteiger charge is -2.24. The number of nitrogens with one attached hydrogen (secondary N) is 4. The fraction of sp³-hybridized carbons (Fsp3) is 0.387. The minimum atomic E-state index is -0.526. The third-order valence-electron chi connectivity index (χ3n) is 8.05. The summed E-state index contributed by atoms with van der Waals surface area (Å²) in [4.78, 5) is 8.62. The molecule has 3 aliphatic rings. The Morgan fingerprint density at radius 3 is 2.73 bits per heavy atom. The number of hydrazine groups is 2. The summed E-state index contributed by atoms with van der Waals surface area (Å²) in [5, 5.41) is 20.1. The van der Waals surface area contributed by atoms with E-state index in [4.69, 9.17) is 6.42 Å². The smallest absolute Gasteiger partial charge is 0.213 e. The average molecular weight is 537 g/mol. The molecule has 0 radical (unpaired) electrons. The lowest BCUT2D eigenvalue weighted by atomic mass is 9.96. The molecule has 6 rings (SSSR count). The van der Waals surface area contributed by atoms with Crippen molar-refractivity contribution in [2.75, 3.05) is 17.2 Å². The molecule has 2 saturated carbocycles. The van der Waals surface area contributed by atoms with Crippen molar-refractivity contribution in [2.45, 2.75) is 59.0 Å². The molecule has 4 N–H and O–H groups in total. The zero-order valence-corrected chi connectivity index (χ0v) is 23.2. The first-order chi connectivity index (χ1) is 19.1. The molecule has 40 heavy (non-hydrogen) atoms. The van der Waals surface area contributed by atoms with Crippen molar-refractivity contribution in [1.29, 1.82) is 5.26 Å². The molecule has 3 aromatic rings. The molecule has 8 nitrogen and oxygen atoms in total. The number of benzene rings is 1. The van der Waals surface area contributed by atoms with Gasteiger partial charge in [0, 0.05) is 41.3 Å². The van der Waals surface area contributed by atoms with Crippen LogP contribution in [0.25, 0.3) is 10.9 Å². The van der Waals surface area contributed by atoms with Crippen LogP contribution in [-0.4, -0.2) is 27.6 Å². The number of aromatic nitrogens is 2. The second kappa shape index (κ2) is 9.39. The third-order valence-corrected chi connectivity index (χ3v) is 8.05. The van der Waals surface area contributed by atoms with E-state index in [1.54, 1.807) is 25.3 Å². The van der Waals surface area contributed by atoms with Crippen molar-refractivity contribution in [3.05, 3.63) is 70.7 Å². The Morgan fingerprint density at radius 1 is 1.27 bits per heavy atom. The molecule has 2 aromatic heterocycles. The molecular formula is C31H33FN8. The zero-order chi connectivity index (χ0) is 28.2. The average Bonchev–Trinajstić information content (AvgIpc) is 3.80. The Balaban J connectivity index is 1.42. The van der Waals surface area contributed by atoms with E-state index in [2.05, 4.69) is 75.5 Å². The first-order valence-corrected chi connectivity index (χ1v) is 13.6. The number of hydrogen-bond acceptors (Lipinski definition) is 8. The van der Waals surface area contributed by atoms with Gasteiger partial charge in [-0.15, -0.1) is 12.0 Å². The van der Waals surface area contributed by atoms with E-state index in [0.717, 1.165) is 22.3 Å². The SMILES string of the molecule is C#Cc1cnc2c(C#N)cc(N[C@H](C3=CN(C4CC45CC5)NN3)c3ccc(F)nc3C)cc2c1NCC(C)(C)C. The maximum Gasteiger partial charge on any atom is 0.213 e. The maximum atomic E-state index is 14.0. The summed E-state index contributed by atoms with van der Waals surface area (Å²) < 4.78 is 14.0. The zero-order valence-electron chi connectivity index (χ0n) is 23.2. The van der Waals surface area contributed by atoms with E-state index in [1.807, 2.05) is 6.07 Å². The van der Waals surface area contributed by atoms with E-state index >= 15 is 0 Å². The fourth-order valence-electron chi connectivity index (χ4n) is 5.54. The second-order valence-corrected chi connectivity index (χ2v) is 12.3. The first-order valence-electron chi connectivity index (χ1n) is 13.6. The van der Waals surface area contributed by atoms with Gasteiger partial charge in [-0.05, 0) is 55.2 Å². The number of rotatable bonds is 7. The predicted molar refractivity (Wildman–Crippen MR) is 154 cm³/mol. The summed E-state index contributed by atoms with van der Waals surface area (Å²) in [6.45, 7) is 8.91. The second-order valence-electron chi connectivity index (χ2n) is 12.3. The van der Waals surface area contributed by atoms with Gasteiger partial charge in [-0.2, -0.15) is 9.65 Å². The summed E-state index contributed by atoms with van der Waals surface area (Å²) in [6.07, 6.45) is 13.3. The molecule has 2 atom stereocenters. The summed E-state index contributed by atoms with van der Waals surface area (Å²) in [5.41, 5.74) is 12.5. The molecule has 1 aliphatic heterocycles. The topological polar surface area (TPSA) is 101 Å². The molecule has 1 unspecified atom stereocenters. The van der Waals surface area contributed by atoms with E-state index in [9.17, 15) is 9.65 Å². The summed E-state index contributed by atoms with van der Waals surface area (Å²) in [6, 6.07) is 9.26. The summed E-state index contributed by atoms with van der Waals surface area (Å²) >= 11 is 0. The van der Waals surface area contributed by atoms with Gasteiger partial charge in [-0.1, -0.05) is 32.8 Å². The summed E-state index contributed by atoms with van der Waals surface area (Å²) in [5.74, 6) is 2.21. The van der Waals surface area contributed by atoms with Crippen LogP contribution in [0.5, 0.6) is 0 Å². The van der Waals surface area contributed by atoms with Gasteiger partial charge in [-0.25, -0.2) is 4.98 Å². The van der Waals surface area contributed by atoms with E-state index in [1.165, 1.54) is 25.3 Å². The van der Waals surface area contributed by atoms with Crippen LogP contribution in [0, 0.1) is 47.4 Å². The molecule has 3 heterocycles. The predicted octanol–water partition coefficient (Wildman–Crippen LogP) is 5.26. The first kappa shape index (κ1) is 25.9. The number of anilines is 2. The van der Waals surface area contributed by atoms with Crippen LogP contribution >= 0.6 is 0 Å². The highest BCUT2D eigenvalue weighted by Gasteiger charge is 2.65. The highest BCUT2D eigenvalue weighted by Crippen LogP contribution is 2.67. The third kappa shape index (κ3) is 4.78. The van der Waals surface area contributed by atoms with Gasteiger partial charge in [0.05, 0.1) is 40.1 Å². The quantitative estimate of drug-likeness (QED) is 0.240. The molecule has 0 bridgehead atoms. The largest absolute Gasteiger partial charge is 0.383 e. The van der Waals surface area contributed by atoms with Crippen LogP contribution in [0.3, 0.4) is 0 Å². The molecule has 2 aliphatic carbocycles. The van der Waals surface area contributed by atoms with Crippen molar-refractivity contribution in [3.63, 3.8) is 0 Å². The number of nitrogens with zero attached hydrogens (tertiary/aromatic N) is 4. The number of terminal acetylenes is 1. The van der Waals surface area contributed by atoms with E-state index in [-0.39, 0.29) is 5.41 Å². The van der Waals surface area contributed by atoms with Crippen molar-refractivity contribution < 1.29 is 4.39 Å². The van der Waals surface area contributed by atoms with Gasteiger partial charge in [0.1, 0.15) is 6.07 Å². The van der Waals surface area contributed by atoms with Gasteiger partial charge in [-0.3, -0.25) is 9.99 Å². The van der Waals surface area contributed by atoms with Crippen molar-refractivity contribution in [2.24, 2.45) is 10.8 Å². The number of pyridine rings is 2. The molecule has 204 valence electrons. The van der Waals surface area contributed by atoms with Crippen LogP contribution in [0.4, 0.5) is 15.8 Å². The minimum Gasteiger partial charge on any atom is -0.383 e. The van der Waals surface area contributed by atoms with Crippen LogP contribution in [0.2, 0.25) is 0 Å². The van der Waals surface area contributed by atoms with Crippen molar-refractivity contribution >= 4 is 22.3 Å². The Bertz CT molecular complexity index is 1620. The lowest BCUT2D eigenvalue weighted by molar-refractivity contribution is 0.246. The standard InChI is InChI=1S/C31H33FN8/c1-6-19-15-34-28-20(14-33)11-21(12-23(28)27(19)35-17-30(3,4)5)37-29(22-7-8-26(32)36-18(22)2)24-16-40(39-38-24)25-13-31(25)9-10-31/h1,7-8,11-12,15-16,25,29,37-39H,9-10,13,17H2,2-5H3,(H,34,35)/t25?,29-/m0/s1. The molecule has 0 saturated heterocycles. The van der Waals surface area contributed by atoms with E-state index < -0.39 is 12.0 Å². The van der Waals surface area contributed by atoms with Crippen LogP contribution in [0.15, 0.2) is 42.4 Å². The van der Waals surface area contributed by atoms with Crippen LogP contribution < -0.4 is 21.6 Å². The molecule has 9 heteroatoms. The Kier molecular flexibility index (Phi) is 6.08. The van der Waals surface area contributed by atoms with Gasteiger partial charge in [0.25, 0.3) is 0 Å². The molecule has 1 spiro atoms. The van der Waals surface area contributed by atoms with Gasteiger partial charge in [0.2, 0.25) is 5.95 Å². The number of fused-ring (bicyclic) bond motifs is 1. The van der Waals surface area contributed by atoms with Gasteiger partial charge >= 0.3 is 0 Å². The number of aryl methyl sites for hydroxylation is 1. The molecule has 1 aromatic carbocycles. The maximum absolute atomic E-state index is 14.0. The van der Waals surface area contributed by atoms with Crippen LogP contribution in [-0.2, 0) is 0 Å². The van der Waals surface area contributed by atoms with E-state index in [0.29, 0.717) is 46.0 Å². The number of halogens is 1. The van der Waals surface area contributed by atoms with Crippen molar-refractivity contribution in [3.8, 4) is 18.4 Å². The number of hydrogen-bond donors (Lipinski definition) is 4. The van der Waals surface area contributed by atoms with Gasteiger partial charge < -0.3 is 16.1 Å². The highest BCUT2D eigenvalue weighted by atomic mass is 19.1. The Hall–Kier alpha value is -4.34. The fourth-order valence-corrected chi connectivity index (χ4v) is 5.54. The lowest BCUT2D eigenvalue weighted by Crippen LogP contribution is -2.39. The molecular weight excluding hydrogens is 503 g/mol. The minimum absolute atomic E-state index is 0.00762. The Labute approximate surface area is 234 Å². The molecule has 2 fully saturated rings. The normalized spacial score (nSPS) is 19.4. The Morgan fingerprint density at radius 2 is 2.08 bits per heavy atom. The number of nitriles is 1. The summed E-state index contributed by atoms with van der Waals surface area (Å²) in [7, 11) is 0. The van der Waals surface area contributed by atoms with Crippen LogP contribution in [0.1, 0.15) is 68.5 Å². The van der Waals surface area contributed by atoms with Gasteiger partial charge in [0.15, 0.2) is 0 Å². The molecule has 0 amide bonds.